The Morgan fingerprint density at radius 2 is 0.939 bits per heavy atom. The fourth-order valence-corrected chi connectivity index (χ4v) is 8.98. The normalized spacial score (nSPS) is 13.5. The first-order valence-electron chi connectivity index (χ1n) is 16.9. The van der Waals surface area contributed by atoms with Gasteiger partial charge in [0.15, 0.2) is 0 Å². The summed E-state index contributed by atoms with van der Waals surface area (Å²) in [7, 11) is 0. The predicted octanol–water partition coefficient (Wildman–Crippen LogP) is 12.6. The lowest BCUT2D eigenvalue weighted by atomic mass is 9.70. The Morgan fingerprint density at radius 3 is 1.63 bits per heavy atom. The maximum Gasteiger partial charge on any atom is 0.137 e. The topological polar surface area (TPSA) is 16.4 Å². The van der Waals surface area contributed by atoms with Gasteiger partial charge in [0.1, 0.15) is 11.2 Å². The minimum Gasteiger partial charge on any atom is -0.456 e. The quantitative estimate of drug-likeness (QED) is 0.195. The first-order valence-corrected chi connectivity index (χ1v) is 16.9. The molecule has 9 aromatic rings. The van der Waals surface area contributed by atoms with E-state index in [1.54, 1.807) is 0 Å². The molecule has 0 atom stereocenters. The van der Waals surface area contributed by atoms with E-state index in [-0.39, 0.29) is 0 Å². The van der Waals surface area contributed by atoms with Crippen molar-refractivity contribution in [2.24, 2.45) is 0 Å². The Morgan fingerprint density at radius 1 is 0.408 bits per heavy atom. The van der Waals surface area contributed by atoms with E-state index in [1.807, 2.05) is 0 Å². The molecule has 0 unspecified atom stereocenters. The maximum absolute atomic E-state index is 6.63. The molecule has 2 aliphatic carbocycles. The highest BCUT2D eigenvalue weighted by molar-refractivity contribution is 6.16. The Labute approximate surface area is 284 Å². The average molecular weight is 624 g/mol. The summed E-state index contributed by atoms with van der Waals surface area (Å²) in [6.45, 7) is 0. The lowest BCUT2D eigenvalue weighted by Gasteiger charge is -2.36. The van der Waals surface area contributed by atoms with Crippen LogP contribution in [0.3, 0.4) is 0 Å². The molecule has 0 bridgehead atoms. The monoisotopic (exact) mass is 623 g/mol. The van der Waals surface area contributed by atoms with Crippen LogP contribution >= 0.6 is 0 Å². The molecule has 1 aromatic heterocycles. The van der Waals surface area contributed by atoms with Crippen molar-refractivity contribution in [2.75, 3.05) is 4.90 Å². The van der Waals surface area contributed by atoms with Gasteiger partial charge in [0.25, 0.3) is 0 Å². The van der Waals surface area contributed by atoms with Crippen LogP contribution in [0.25, 0.3) is 55.0 Å². The van der Waals surface area contributed by atoms with Crippen molar-refractivity contribution < 1.29 is 4.42 Å². The summed E-state index contributed by atoms with van der Waals surface area (Å²) < 4.78 is 6.63. The van der Waals surface area contributed by atoms with Crippen molar-refractivity contribution in [3.8, 4) is 22.3 Å². The molecular weight excluding hydrogens is 595 g/mol. The zero-order valence-corrected chi connectivity index (χ0v) is 26.6. The molecule has 228 valence electrons. The Kier molecular flexibility index (Phi) is 5.34. The van der Waals surface area contributed by atoms with Crippen LogP contribution in [0.15, 0.2) is 180 Å². The number of rotatable bonds is 3. The van der Waals surface area contributed by atoms with Gasteiger partial charge in [0, 0.05) is 16.6 Å². The van der Waals surface area contributed by atoms with Crippen LogP contribution in [0.2, 0.25) is 0 Å². The van der Waals surface area contributed by atoms with Gasteiger partial charge in [0.2, 0.25) is 0 Å². The summed E-state index contributed by atoms with van der Waals surface area (Å²) in [5.41, 5.74) is 15.1. The number of hydrogen-bond donors (Lipinski definition) is 0. The van der Waals surface area contributed by atoms with Crippen LogP contribution < -0.4 is 4.90 Å². The fourth-order valence-electron chi connectivity index (χ4n) is 8.98. The standard InChI is InChI=1S/C47H29NO/c1-2-16-32(17-3-1)48(41-25-13-27-43-45(41)37-28-30-14-4-5-15-31(30)29-44(37)49-43)42-26-12-21-36-35-20-8-11-24-40(35)47(46(36)42)38-22-9-6-18-33(38)34-19-7-10-23-39(34)47/h1-29H. The predicted molar refractivity (Wildman–Crippen MR) is 202 cm³/mol. The molecule has 1 spiro atoms. The number of benzene rings is 8. The van der Waals surface area contributed by atoms with Gasteiger partial charge in [-0.1, -0.05) is 133 Å². The van der Waals surface area contributed by atoms with Crippen molar-refractivity contribution in [3.05, 3.63) is 198 Å². The zero-order valence-electron chi connectivity index (χ0n) is 26.6. The third-order valence-corrected chi connectivity index (χ3v) is 10.8. The molecule has 1 heterocycles. The van der Waals surface area contributed by atoms with Gasteiger partial charge in [-0.05, 0) is 92.2 Å². The second kappa shape index (κ2) is 9.82. The summed E-state index contributed by atoms with van der Waals surface area (Å²) >= 11 is 0. The van der Waals surface area contributed by atoms with Crippen molar-refractivity contribution >= 4 is 49.8 Å². The van der Waals surface area contributed by atoms with E-state index in [1.165, 1.54) is 55.3 Å². The summed E-state index contributed by atoms with van der Waals surface area (Å²) in [4.78, 5) is 2.47. The van der Waals surface area contributed by atoms with E-state index in [0.29, 0.717) is 0 Å². The molecular formula is C47H29NO. The maximum atomic E-state index is 6.63. The van der Waals surface area contributed by atoms with E-state index >= 15 is 0 Å². The highest BCUT2D eigenvalue weighted by Crippen LogP contribution is 2.65. The number of fused-ring (bicyclic) bond motifs is 14. The molecule has 0 saturated carbocycles. The second-order valence-electron chi connectivity index (χ2n) is 13.2. The molecule has 2 aliphatic rings. The number of furan rings is 1. The molecule has 0 radical (unpaired) electrons. The van der Waals surface area contributed by atoms with Crippen LogP contribution in [0.4, 0.5) is 17.1 Å². The van der Waals surface area contributed by atoms with Crippen molar-refractivity contribution in [1.29, 1.82) is 0 Å². The summed E-state index contributed by atoms with van der Waals surface area (Å²) in [5, 5.41) is 4.61. The SMILES string of the molecule is c1ccc(N(c2cccc3c2C2(c4ccccc4-c4ccccc42)c2ccccc2-3)c2cccc3oc4cc5ccccc5cc4c23)cc1. The molecule has 0 amide bonds. The molecule has 0 N–H and O–H groups in total. The number of para-hydroxylation sites is 1. The van der Waals surface area contributed by atoms with Crippen LogP contribution in [-0.4, -0.2) is 0 Å². The van der Waals surface area contributed by atoms with Gasteiger partial charge >= 0.3 is 0 Å². The fraction of sp³-hybridized carbons (Fsp3) is 0.0213. The summed E-state index contributed by atoms with van der Waals surface area (Å²) in [5.74, 6) is 0. The van der Waals surface area contributed by atoms with Crippen molar-refractivity contribution in [3.63, 3.8) is 0 Å². The molecule has 0 aliphatic heterocycles. The Bertz CT molecular complexity index is 2730. The third kappa shape index (κ3) is 3.45. The molecule has 2 heteroatoms. The van der Waals surface area contributed by atoms with Gasteiger partial charge < -0.3 is 9.32 Å². The smallest absolute Gasteiger partial charge is 0.137 e. The highest BCUT2D eigenvalue weighted by atomic mass is 16.3. The van der Waals surface area contributed by atoms with Gasteiger partial charge in [-0.15, -0.1) is 0 Å². The minimum absolute atomic E-state index is 0.481. The Hall–Kier alpha value is -6.38. The zero-order chi connectivity index (χ0) is 32.1. The lowest BCUT2D eigenvalue weighted by molar-refractivity contribution is 0.669. The van der Waals surface area contributed by atoms with Crippen LogP contribution in [0.5, 0.6) is 0 Å². The average Bonchev–Trinajstić information content (AvgIpc) is 3.79. The number of hydrogen-bond acceptors (Lipinski definition) is 2. The van der Waals surface area contributed by atoms with Crippen LogP contribution in [-0.2, 0) is 5.41 Å². The van der Waals surface area contributed by atoms with E-state index < -0.39 is 5.41 Å². The number of nitrogens with zero attached hydrogens (tertiary/aromatic N) is 1. The van der Waals surface area contributed by atoms with Gasteiger partial charge in [0.05, 0.1) is 22.2 Å². The van der Waals surface area contributed by atoms with E-state index in [4.69, 9.17) is 4.42 Å². The lowest BCUT2D eigenvalue weighted by Crippen LogP contribution is -2.28. The highest BCUT2D eigenvalue weighted by Gasteiger charge is 2.53. The third-order valence-electron chi connectivity index (χ3n) is 10.8. The molecule has 0 saturated heterocycles. The summed E-state index contributed by atoms with van der Waals surface area (Å²) in [6.07, 6.45) is 0. The van der Waals surface area contributed by atoms with Gasteiger partial charge in [-0.2, -0.15) is 0 Å². The molecule has 2 nitrogen and oxygen atoms in total. The van der Waals surface area contributed by atoms with Crippen molar-refractivity contribution in [2.45, 2.75) is 5.41 Å². The van der Waals surface area contributed by atoms with Crippen molar-refractivity contribution in [1.82, 2.24) is 0 Å². The molecule has 8 aromatic carbocycles. The van der Waals surface area contributed by atoms with E-state index in [2.05, 4.69) is 181 Å². The van der Waals surface area contributed by atoms with Crippen LogP contribution in [0.1, 0.15) is 22.3 Å². The largest absolute Gasteiger partial charge is 0.456 e. The van der Waals surface area contributed by atoms with Gasteiger partial charge in [-0.25, -0.2) is 0 Å². The molecule has 11 rings (SSSR count). The molecule has 49 heavy (non-hydrogen) atoms. The Balaban J connectivity index is 1.29. The second-order valence-corrected chi connectivity index (χ2v) is 13.2. The first-order chi connectivity index (χ1) is 24.3. The van der Waals surface area contributed by atoms with E-state index in [0.717, 1.165) is 39.0 Å². The molecule has 0 fully saturated rings. The number of anilines is 3. The first kappa shape index (κ1) is 26.7. The minimum atomic E-state index is -0.481. The van der Waals surface area contributed by atoms with Gasteiger partial charge in [-0.3, -0.25) is 0 Å². The summed E-state index contributed by atoms with van der Waals surface area (Å²) in [6, 6.07) is 64.2. The van der Waals surface area contributed by atoms with E-state index in [9.17, 15) is 0 Å². The van der Waals surface area contributed by atoms with Crippen LogP contribution in [0, 0.1) is 0 Å².